The van der Waals surface area contributed by atoms with E-state index in [0.717, 1.165) is 22.8 Å². The summed E-state index contributed by atoms with van der Waals surface area (Å²) in [5.41, 5.74) is 4.66. The van der Waals surface area contributed by atoms with Gasteiger partial charge in [-0.3, -0.25) is 0 Å². The van der Waals surface area contributed by atoms with E-state index in [1.165, 1.54) is 60.4 Å². The van der Waals surface area contributed by atoms with Gasteiger partial charge in [-0.1, -0.05) is 60.1 Å². The van der Waals surface area contributed by atoms with Crippen LogP contribution in [-0.4, -0.2) is 0 Å². The molecule has 0 atom stereocenters. The van der Waals surface area contributed by atoms with Gasteiger partial charge in [-0.05, 0) is 101 Å². The van der Waals surface area contributed by atoms with Crippen LogP contribution in [0.25, 0.3) is 21.9 Å². The third-order valence-electron chi connectivity index (χ3n) is 7.69. The Kier molecular flexibility index (Phi) is 3.51. The normalized spacial score (nSPS) is 31.5. The van der Waals surface area contributed by atoms with Crippen molar-refractivity contribution in [2.45, 2.75) is 43.9 Å². The first-order valence-corrected chi connectivity index (χ1v) is 10.9. The monoisotopic (exact) mass is 372 g/mol. The minimum absolute atomic E-state index is 0.437. The molecule has 7 rings (SSSR count). The highest BCUT2D eigenvalue weighted by molar-refractivity contribution is 6.30. The molecule has 4 fully saturated rings. The molecule has 4 aliphatic carbocycles. The minimum Gasteiger partial charge on any atom is -0.0843 e. The Labute approximate surface area is 166 Å². The molecule has 0 unspecified atom stereocenters. The van der Waals surface area contributed by atoms with Crippen LogP contribution >= 0.6 is 11.6 Å². The van der Waals surface area contributed by atoms with Gasteiger partial charge in [0.1, 0.15) is 0 Å². The van der Waals surface area contributed by atoms with E-state index in [1.54, 1.807) is 5.56 Å². The van der Waals surface area contributed by atoms with E-state index in [0.29, 0.717) is 5.41 Å². The Morgan fingerprint density at radius 1 is 0.667 bits per heavy atom. The first-order valence-electron chi connectivity index (χ1n) is 10.5. The third kappa shape index (κ3) is 2.49. The lowest BCUT2D eigenvalue weighted by Crippen LogP contribution is -2.48. The van der Waals surface area contributed by atoms with Gasteiger partial charge in [-0.2, -0.15) is 0 Å². The predicted octanol–water partition coefficient (Wildman–Crippen LogP) is 7.63. The maximum Gasteiger partial charge on any atom is 0.0406 e. The fourth-order valence-electron chi connectivity index (χ4n) is 7.08. The molecule has 3 aromatic rings. The van der Waals surface area contributed by atoms with Crippen LogP contribution in [0.15, 0.2) is 60.7 Å². The second-order valence-electron chi connectivity index (χ2n) is 9.41. The number of hydrogen-bond acceptors (Lipinski definition) is 0. The molecule has 136 valence electrons. The number of fused-ring (bicyclic) bond motifs is 1. The van der Waals surface area contributed by atoms with Crippen LogP contribution < -0.4 is 0 Å². The van der Waals surface area contributed by atoms with E-state index >= 15 is 0 Å². The molecule has 0 aliphatic heterocycles. The first kappa shape index (κ1) is 16.2. The molecular weight excluding hydrogens is 348 g/mol. The Balaban J connectivity index is 1.54. The Morgan fingerprint density at radius 2 is 1.26 bits per heavy atom. The highest BCUT2D eigenvalue weighted by Gasteiger charge is 2.51. The molecule has 0 nitrogen and oxygen atoms in total. The molecule has 4 aliphatic rings. The molecule has 1 heteroatoms. The topological polar surface area (TPSA) is 0 Å². The van der Waals surface area contributed by atoms with E-state index in [4.69, 9.17) is 11.6 Å². The van der Waals surface area contributed by atoms with Crippen molar-refractivity contribution in [3.8, 4) is 11.1 Å². The summed E-state index contributed by atoms with van der Waals surface area (Å²) in [5, 5.41) is 3.67. The van der Waals surface area contributed by atoms with Gasteiger partial charge in [0, 0.05) is 5.02 Å². The maximum atomic E-state index is 6.12. The lowest BCUT2D eigenvalue weighted by Gasteiger charge is -2.57. The molecule has 4 saturated carbocycles. The molecule has 0 amide bonds. The van der Waals surface area contributed by atoms with Crippen LogP contribution in [0.2, 0.25) is 5.02 Å². The van der Waals surface area contributed by atoms with Crippen molar-refractivity contribution >= 4 is 22.4 Å². The fourth-order valence-corrected chi connectivity index (χ4v) is 7.21. The van der Waals surface area contributed by atoms with Crippen LogP contribution in [0.3, 0.4) is 0 Å². The third-order valence-corrected chi connectivity index (χ3v) is 7.94. The second kappa shape index (κ2) is 5.85. The van der Waals surface area contributed by atoms with Crippen LogP contribution in [0.5, 0.6) is 0 Å². The molecule has 0 heterocycles. The zero-order valence-corrected chi connectivity index (χ0v) is 16.4. The summed E-state index contributed by atoms with van der Waals surface area (Å²) in [4.78, 5) is 0. The van der Waals surface area contributed by atoms with E-state index in [-0.39, 0.29) is 0 Å². The number of halogens is 1. The Morgan fingerprint density at radius 3 is 1.89 bits per heavy atom. The number of hydrogen-bond donors (Lipinski definition) is 0. The van der Waals surface area contributed by atoms with Crippen molar-refractivity contribution in [2.75, 3.05) is 0 Å². The largest absolute Gasteiger partial charge is 0.0843 e. The average molecular weight is 373 g/mol. The molecule has 0 aromatic heterocycles. The summed E-state index contributed by atoms with van der Waals surface area (Å²) < 4.78 is 0. The highest BCUT2D eigenvalue weighted by Crippen LogP contribution is 2.61. The van der Waals surface area contributed by atoms with Crippen LogP contribution in [0.1, 0.15) is 44.1 Å². The second-order valence-corrected chi connectivity index (χ2v) is 9.85. The molecule has 0 radical (unpaired) electrons. The van der Waals surface area contributed by atoms with E-state index < -0.39 is 0 Å². The lowest BCUT2D eigenvalue weighted by molar-refractivity contribution is -0.00449. The van der Waals surface area contributed by atoms with Gasteiger partial charge in [0.25, 0.3) is 0 Å². The molecule has 3 aromatic carbocycles. The van der Waals surface area contributed by atoms with Gasteiger partial charge in [0.15, 0.2) is 0 Å². The summed E-state index contributed by atoms with van der Waals surface area (Å²) in [5.74, 6) is 2.93. The Bertz CT molecular complexity index is 979. The van der Waals surface area contributed by atoms with Crippen molar-refractivity contribution in [3.63, 3.8) is 0 Å². The molecule has 27 heavy (non-hydrogen) atoms. The van der Waals surface area contributed by atoms with Crippen LogP contribution in [0, 0.1) is 17.8 Å². The van der Waals surface area contributed by atoms with Gasteiger partial charge in [-0.15, -0.1) is 0 Å². The van der Waals surface area contributed by atoms with Crippen LogP contribution in [0.4, 0.5) is 0 Å². The van der Waals surface area contributed by atoms with Crippen molar-refractivity contribution in [3.05, 3.63) is 71.2 Å². The molecule has 0 saturated heterocycles. The van der Waals surface area contributed by atoms with Crippen molar-refractivity contribution in [1.82, 2.24) is 0 Å². The van der Waals surface area contributed by atoms with Gasteiger partial charge in [0.2, 0.25) is 0 Å². The molecule has 4 bridgehead atoms. The van der Waals surface area contributed by atoms with Gasteiger partial charge in [0.05, 0.1) is 0 Å². The Hall–Kier alpha value is -1.79. The summed E-state index contributed by atoms with van der Waals surface area (Å²) in [6.07, 6.45) is 8.76. The van der Waals surface area contributed by atoms with Gasteiger partial charge >= 0.3 is 0 Å². The van der Waals surface area contributed by atoms with Crippen LogP contribution in [-0.2, 0) is 5.41 Å². The number of rotatable bonds is 2. The maximum absolute atomic E-state index is 6.12. The minimum atomic E-state index is 0.437. The standard InChI is InChI=1S/C26H25Cl/c27-21-7-5-20(6-8-21)22-9-10-25(24-4-2-1-3-23(22)24)26-14-17-11-18(15-26)13-19(12-17)16-26/h1-10,17-19H,11-16H2. The summed E-state index contributed by atoms with van der Waals surface area (Å²) in [6, 6.07) is 22.2. The summed E-state index contributed by atoms with van der Waals surface area (Å²) >= 11 is 6.12. The van der Waals surface area contributed by atoms with Crippen molar-refractivity contribution in [1.29, 1.82) is 0 Å². The van der Waals surface area contributed by atoms with Crippen molar-refractivity contribution < 1.29 is 0 Å². The van der Waals surface area contributed by atoms with Gasteiger partial charge in [-0.25, -0.2) is 0 Å². The summed E-state index contributed by atoms with van der Waals surface area (Å²) in [6.45, 7) is 0. The van der Waals surface area contributed by atoms with Gasteiger partial charge < -0.3 is 0 Å². The lowest BCUT2D eigenvalue weighted by atomic mass is 9.47. The zero-order chi connectivity index (χ0) is 18.0. The highest BCUT2D eigenvalue weighted by atomic mass is 35.5. The smallest absolute Gasteiger partial charge is 0.0406 e. The SMILES string of the molecule is Clc1ccc(-c2ccc(C34CC5CC(CC(C5)C3)C4)c3ccccc23)cc1. The van der Waals surface area contributed by atoms with E-state index in [1.807, 2.05) is 12.1 Å². The quantitative estimate of drug-likeness (QED) is 0.433. The summed E-state index contributed by atoms with van der Waals surface area (Å²) in [7, 11) is 0. The fraction of sp³-hybridized carbons (Fsp3) is 0.385. The predicted molar refractivity (Wildman–Crippen MR) is 114 cm³/mol. The van der Waals surface area contributed by atoms with E-state index in [9.17, 15) is 0 Å². The molecule has 0 spiro atoms. The average Bonchev–Trinajstić information content (AvgIpc) is 2.67. The zero-order valence-electron chi connectivity index (χ0n) is 15.6. The molecular formula is C26H25Cl. The first-order chi connectivity index (χ1) is 13.2. The number of benzene rings is 3. The molecule has 0 N–H and O–H groups in total. The van der Waals surface area contributed by atoms with E-state index in [2.05, 4.69) is 48.5 Å². The van der Waals surface area contributed by atoms with Crippen molar-refractivity contribution in [2.24, 2.45) is 17.8 Å².